The summed E-state index contributed by atoms with van der Waals surface area (Å²) in [7, 11) is 0. The maximum atomic E-state index is 6.69. The molecule has 0 amide bonds. The molecule has 0 aliphatic rings. The van der Waals surface area contributed by atoms with Crippen LogP contribution in [0.5, 0.6) is 0 Å². The van der Waals surface area contributed by atoms with E-state index < -0.39 is 4.86 Å². The minimum absolute atomic E-state index is 1.18. The molecule has 0 saturated heterocycles. The molecule has 0 bridgehead atoms. The van der Waals surface area contributed by atoms with Gasteiger partial charge in [0, 0.05) is 0 Å². The van der Waals surface area contributed by atoms with Crippen LogP contribution >= 0.6 is 16.1 Å². The standard InChI is InChI=1S/C13H12ClPSe/c1-11-7-9-13(10-8-11)15(14,16)12-5-3-2-4-6-12/h2-10H,1H3. The van der Waals surface area contributed by atoms with Crippen molar-refractivity contribution in [3.05, 3.63) is 60.2 Å². The second-order valence-electron chi connectivity index (χ2n) is 3.70. The Morgan fingerprint density at radius 1 is 0.875 bits per heavy atom. The summed E-state index contributed by atoms with van der Waals surface area (Å²) in [5, 5.41) is 2.37. The zero-order valence-electron chi connectivity index (χ0n) is 8.93. The van der Waals surface area contributed by atoms with Crippen molar-refractivity contribution in [2.75, 3.05) is 0 Å². The van der Waals surface area contributed by atoms with Gasteiger partial charge in [-0.05, 0) is 0 Å². The fourth-order valence-corrected chi connectivity index (χ4v) is 5.10. The number of aryl methyl sites for hydroxylation is 1. The molecule has 0 nitrogen and oxygen atoms in total. The van der Waals surface area contributed by atoms with Crippen LogP contribution in [-0.4, -0.2) is 15.1 Å². The minimum atomic E-state index is -1.82. The molecule has 0 aromatic heterocycles. The van der Waals surface area contributed by atoms with Crippen molar-refractivity contribution >= 4 is 41.8 Å². The molecule has 16 heavy (non-hydrogen) atoms. The van der Waals surface area contributed by atoms with Gasteiger partial charge in [0.1, 0.15) is 0 Å². The summed E-state index contributed by atoms with van der Waals surface area (Å²) < 4.78 is 0. The van der Waals surface area contributed by atoms with Crippen molar-refractivity contribution in [1.29, 1.82) is 0 Å². The van der Waals surface area contributed by atoms with Gasteiger partial charge in [0.05, 0.1) is 0 Å². The van der Waals surface area contributed by atoms with E-state index in [1.54, 1.807) is 0 Å². The van der Waals surface area contributed by atoms with Crippen LogP contribution in [-0.2, 0) is 0 Å². The first-order valence-corrected chi connectivity index (χ1v) is 9.94. The van der Waals surface area contributed by atoms with Crippen molar-refractivity contribution in [2.45, 2.75) is 6.92 Å². The van der Waals surface area contributed by atoms with Crippen LogP contribution in [0.15, 0.2) is 54.6 Å². The van der Waals surface area contributed by atoms with Gasteiger partial charge in [-0.15, -0.1) is 0 Å². The van der Waals surface area contributed by atoms with Gasteiger partial charge in [0.2, 0.25) is 0 Å². The van der Waals surface area contributed by atoms with E-state index in [2.05, 4.69) is 58.4 Å². The predicted octanol–water partition coefficient (Wildman–Crippen LogP) is 3.20. The van der Waals surface area contributed by atoms with Crippen LogP contribution in [0.25, 0.3) is 0 Å². The van der Waals surface area contributed by atoms with E-state index in [1.807, 2.05) is 18.2 Å². The Bertz CT molecular complexity index is 519. The second-order valence-corrected chi connectivity index (χ2v) is 12.1. The van der Waals surface area contributed by atoms with Crippen molar-refractivity contribution in [3.63, 3.8) is 0 Å². The van der Waals surface area contributed by atoms with Crippen LogP contribution in [0.4, 0.5) is 0 Å². The molecule has 0 radical (unpaired) electrons. The summed E-state index contributed by atoms with van der Waals surface area (Å²) in [4.78, 5) is -1.82. The Morgan fingerprint density at radius 2 is 1.38 bits per heavy atom. The molecule has 82 valence electrons. The molecular formula is C13H12ClPSe. The summed E-state index contributed by atoms with van der Waals surface area (Å²) in [6, 6.07) is 18.7. The van der Waals surface area contributed by atoms with Crippen LogP contribution in [0.1, 0.15) is 5.56 Å². The number of halogens is 1. The summed E-state index contributed by atoms with van der Waals surface area (Å²) in [6.45, 7) is 2.08. The Labute approximate surface area is 109 Å². The molecule has 0 spiro atoms. The number of hydrogen-bond acceptors (Lipinski definition) is 0. The van der Waals surface area contributed by atoms with E-state index in [1.165, 1.54) is 16.2 Å². The topological polar surface area (TPSA) is 0 Å². The van der Waals surface area contributed by atoms with Gasteiger partial charge in [-0.1, -0.05) is 0 Å². The third-order valence-corrected chi connectivity index (χ3v) is 8.20. The molecule has 0 saturated carbocycles. The summed E-state index contributed by atoms with van der Waals surface area (Å²) in [5.74, 6) is 0. The molecule has 0 aliphatic heterocycles. The van der Waals surface area contributed by atoms with Gasteiger partial charge in [-0.3, -0.25) is 0 Å². The molecule has 2 aromatic rings. The molecular weight excluding hydrogens is 302 g/mol. The van der Waals surface area contributed by atoms with Crippen LogP contribution in [0.3, 0.4) is 0 Å². The summed E-state index contributed by atoms with van der Waals surface area (Å²) >= 11 is 9.88. The molecule has 2 aromatic carbocycles. The van der Waals surface area contributed by atoms with E-state index in [-0.39, 0.29) is 0 Å². The fraction of sp³-hybridized carbons (Fsp3) is 0.0769. The Balaban J connectivity index is 2.47. The van der Waals surface area contributed by atoms with E-state index in [0.717, 1.165) is 0 Å². The zero-order valence-corrected chi connectivity index (χ0v) is 12.3. The average molecular weight is 314 g/mol. The monoisotopic (exact) mass is 314 g/mol. The third kappa shape index (κ3) is 2.50. The van der Waals surface area contributed by atoms with Crippen LogP contribution in [0, 0.1) is 6.92 Å². The summed E-state index contributed by atoms with van der Waals surface area (Å²) in [5.41, 5.74) is 1.26. The van der Waals surface area contributed by atoms with Gasteiger partial charge in [0.25, 0.3) is 0 Å². The second kappa shape index (κ2) is 4.90. The fourth-order valence-electron chi connectivity index (χ4n) is 1.51. The van der Waals surface area contributed by atoms with Crippen molar-refractivity contribution in [3.8, 4) is 0 Å². The molecule has 0 N–H and O–H groups in total. The van der Waals surface area contributed by atoms with Crippen LogP contribution < -0.4 is 10.6 Å². The van der Waals surface area contributed by atoms with E-state index in [4.69, 9.17) is 11.2 Å². The Morgan fingerprint density at radius 3 is 1.94 bits per heavy atom. The molecule has 0 heterocycles. The third-order valence-electron chi connectivity index (χ3n) is 2.45. The first-order valence-electron chi connectivity index (χ1n) is 5.03. The molecule has 1 atom stereocenters. The molecule has 2 rings (SSSR count). The Kier molecular flexibility index (Phi) is 3.72. The van der Waals surface area contributed by atoms with Crippen molar-refractivity contribution < 1.29 is 0 Å². The van der Waals surface area contributed by atoms with Gasteiger partial charge >= 0.3 is 109 Å². The van der Waals surface area contributed by atoms with Gasteiger partial charge in [0.15, 0.2) is 0 Å². The summed E-state index contributed by atoms with van der Waals surface area (Å²) in [6.07, 6.45) is 0. The number of rotatable bonds is 2. The average Bonchev–Trinajstić information content (AvgIpc) is 2.31. The first-order chi connectivity index (χ1) is 7.60. The Hall–Kier alpha value is -0.321. The van der Waals surface area contributed by atoms with Crippen molar-refractivity contribution in [2.24, 2.45) is 0 Å². The SMILES string of the molecule is Cc1ccc(P(Cl)(=[Se])c2ccccc2)cc1. The quantitative estimate of drug-likeness (QED) is 0.590. The van der Waals surface area contributed by atoms with E-state index in [9.17, 15) is 0 Å². The van der Waals surface area contributed by atoms with Gasteiger partial charge in [-0.2, -0.15) is 0 Å². The molecule has 1 unspecified atom stereocenters. The normalized spacial score (nSPS) is 14.4. The molecule has 3 heteroatoms. The van der Waals surface area contributed by atoms with Crippen LogP contribution in [0.2, 0.25) is 0 Å². The number of benzene rings is 2. The molecule has 0 aliphatic carbocycles. The number of hydrogen-bond donors (Lipinski definition) is 0. The van der Waals surface area contributed by atoms with Crippen molar-refractivity contribution in [1.82, 2.24) is 0 Å². The van der Waals surface area contributed by atoms with Gasteiger partial charge in [-0.25, -0.2) is 0 Å². The van der Waals surface area contributed by atoms with E-state index in [0.29, 0.717) is 0 Å². The first kappa shape index (κ1) is 12.1. The van der Waals surface area contributed by atoms with Gasteiger partial charge < -0.3 is 0 Å². The zero-order chi connectivity index (χ0) is 11.6. The van der Waals surface area contributed by atoms with E-state index >= 15 is 0 Å². The predicted molar refractivity (Wildman–Crippen MR) is 75.4 cm³/mol. The maximum absolute atomic E-state index is 6.69. The molecule has 0 fully saturated rings.